The molecule has 12 heteroatoms. The topological polar surface area (TPSA) is 163 Å². The number of fused-ring (bicyclic) bond motifs is 1. The first-order valence-electron chi connectivity index (χ1n) is 22.0. The molecular weight excluding hydrogens is 711 g/mol. The Morgan fingerprint density at radius 3 is 2.07 bits per heavy atom. The summed E-state index contributed by atoms with van der Waals surface area (Å²) >= 11 is 0. The fourth-order valence-corrected chi connectivity index (χ4v) is 12.1. The number of hydrogen-bond acceptors (Lipinski definition) is 7. The molecule has 1 aliphatic heterocycles. The van der Waals surface area contributed by atoms with Crippen molar-refractivity contribution in [2.45, 2.75) is 173 Å². The molecule has 0 aromatic rings. The van der Waals surface area contributed by atoms with Gasteiger partial charge >= 0.3 is 12.0 Å². The van der Waals surface area contributed by atoms with Gasteiger partial charge < -0.3 is 30.9 Å². The molecular formula is C44H69N5O7. The van der Waals surface area contributed by atoms with Crippen LogP contribution in [0, 0.1) is 40.9 Å². The van der Waals surface area contributed by atoms with Gasteiger partial charge in [0.25, 0.3) is 5.91 Å². The van der Waals surface area contributed by atoms with Crippen LogP contribution in [-0.4, -0.2) is 82.8 Å². The van der Waals surface area contributed by atoms with E-state index < -0.39 is 47.3 Å². The second-order valence-electron chi connectivity index (χ2n) is 19.1. The fraction of sp³-hybridized carbons (Fsp3) is 0.818. The van der Waals surface area contributed by atoms with Gasteiger partial charge in [0.1, 0.15) is 17.7 Å². The lowest BCUT2D eigenvalue weighted by Crippen LogP contribution is -2.64. The molecule has 0 unspecified atom stereocenters. The summed E-state index contributed by atoms with van der Waals surface area (Å²) in [4.78, 5) is 84.0. The highest BCUT2D eigenvalue weighted by atomic mass is 16.6. The third-order valence-corrected chi connectivity index (χ3v) is 15.2. The minimum atomic E-state index is -1.14. The van der Waals surface area contributed by atoms with E-state index in [-0.39, 0.29) is 60.0 Å². The van der Waals surface area contributed by atoms with Gasteiger partial charge in [-0.15, -0.1) is 6.58 Å². The molecule has 4 N–H and O–H groups in total. The number of ether oxygens (including phenoxy) is 1. The summed E-state index contributed by atoms with van der Waals surface area (Å²) in [5, 5.41) is 12.0. The molecule has 56 heavy (non-hydrogen) atoms. The molecule has 1 heterocycles. The average Bonchev–Trinajstić information content (AvgIpc) is 3.46. The molecule has 0 aromatic carbocycles. The van der Waals surface area contributed by atoms with Crippen molar-refractivity contribution in [3.05, 3.63) is 12.7 Å². The van der Waals surface area contributed by atoms with E-state index >= 15 is 0 Å². The number of amides is 5. The van der Waals surface area contributed by atoms with Crippen LogP contribution in [-0.2, 0) is 28.7 Å². The number of rotatable bonds is 18. The number of carbonyl (C=O) groups is 6. The number of urea groups is 1. The lowest BCUT2D eigenvalue weighted by molar-refractivity contribution is -0.161. The van der Waals surface area contributed by atoms with Gasteiger partial charge in [0.05, 0.1) is 12.5 Å². The number of allylic oxidation sites excluding steroid dienone is 1. The van der Waals surface area contributed by atoms with E-state index in [1.807, 2.05) is 20.8 Å². The number of nitrogens with one attached hydrogen (secondary N) is 4. The Balaban J connectivity index is 1.12. The number of carbonyl (C=O) groups excluding carboxylic acids is 6. The standard InChI is InChI=1S/C44H69N5O7/c1-7-11-17-32(37(51)39(53)45-19-18-33(50)56-44(8-2,9-3)10-4)46-38(52)36-34-31(42(34,5)6)26-49(36)40(54)35(30-15-13-12-14-16-30)47-41(55)48-43-23-27-20-28(24-43)22-29(21-27)25-43/h7,27-32,34-36H,1,8-26H2,2-6H3,(H,45,53)(H,46,52)(H2,47,48,55)/t27?,28?,29?,31-,32+,34-,35-,36-,43?/m0/s1. The molecule has 7 fully saturated rings. The molecule has 12 nitrogen and oxygen atoms in total. The summed E-state index contributed by atoms with van der Waals surface area (Å²) in [7, 11) is 0. The zero-order chi connectivity index (χ0) is 40.4. The minimum absolute atomic E-state index is 0.0303. The maximum absolute atomic E-state index is 14.8. The molecule has 0 aromatic heterocycles. The van der Waals surface area contributed by atoms with E-state index in [9.17, 15) is 28.8 Å². The molecule has 312 valence electrons. The van der Waals surface area contributed by atoms with E-state index in [0.717, 1.165) is 51.4 Å². The molecule has 7 aliphatic rings. The SMILES string of the molecule is C=CCC[C@@H](NC(=O)[C@@H]1[C@@H]2[C@H](CN1C(=O)[C@@H](NC(=O)NC13CC4CC(CC(C4)C1)C3)C1CCCCC1)C2(C)C)C(=O)C(=O)NCCC(=O)OC(CC)(CC)CC. The van der Waals surface area contributed by atoms with Gasteiger partial charge in [-0.1, -0.05) is 60.0 Å². The highest BCUT2D eigenvalue weighted by Crippen LogP contribution is 2.65. The summed E-state index contributed by atoms with van der Waals surface area (Å²) in [6.45, 7) is 14.2. The van der Waals surface area contributed by atoms with E-state index in [0.29, 0.717) is 50.0 Å². The lowest BCUT2D eigenvalue weighted by atomic mass is 9.53. The molecule has 6 saturated carbocycles. The van der Waals surface area contributed by atoms with Crippen LogP contribution in [0.5, 0.6) is 0 Å². The first-order valence-corrected chi connectivity index (χ1v) is 22.0. The predicted octanol–water partition coefficient (Wildman–Crippen LogP) is 5.72. The lowest BCUT2D eigenvalue weighted by Gasteiger charge is -2.56. The summed E-state index contributed by atoms with van der Waals surface area (Å²) < 4.78 is 5.73. The van der Waals surface area contributed by atoms with Gasteiger partial charge in [0.2, 0.25) is 17.6 Å². The summed E-state index contributed by atoms with van der Waals surface area (Å²) in [5.74, 6) is -0.898. The Morgan fingerprint density at radius 1 is 0.893 bits per heavy atom. The van der Waals surface area contributed by atoms with Gasteiger partial charge in [-0.2, -0.15) is 0 Å². The average molecular weight is 780 g/mol. The second kappa shape index (κ2) is 17.2. The van der Waals surface area contributed by atoms with E-state index in [4.69, 9.17) is 4.74 Å². The number of hydrogen-bond donors (Lipinski definition) is 4. The van der Waals surface area contributed by atoms with Crippen LogP contribution in [0.2, 0.25) is 0 Å². The summed E-state index contributed by atoms with van der Waals surface area (Å²) in [6.07, 6.45) is 15.7. The molecule has 0 radical (unpaired) electrons. The van der Waals surface area contributed by atoms with Gasteiger partial charge in [0.15, 0.2) is 0 Å². The Bertz CT molecular complexity index is 1470. The zero-order valence-electron chi connectivity index (χ0n) is 34.7. The van der Waals surface area contributed by atoms with E-state index in [1.54, 1.807) is 11.0 Å². The monoisotopic (exact) mass is 780 g/mol. The minimum Gasteiger partial charge on any atom is -0.459 e. The van der Waals surface area contributed by atoms with Crippen molar-refractivity contribution >= 4 is 35.5 Å². The third-order valence-electron chi connectivity index (χ3n) is 15.2. The molecule has 6 aliphatic carbocycles. The summed E-state index contributed by atoms with van der Waals surface area (Å²) in [6, 6.07) is -3.02. The number of piperidine rings is 1. The number of likely N-dealkylation sites (tertiary alicyclic amines) is 1. The quantitative estimate of drug-likeness (QED) is 0.0786. The van der Waals surface area contributed by atoms with Crippen LogP contribution < -0.4 is 21.3 Å². The van der Waals surface area contributed by atoms with Crippen molar-refractivity contribution in [2.75, 3.05) is 13.1 Å². The van der Waals surface area contributed by atoms with Crippen LogP contribution >= 0.6 is 0 Å². The van der Waals surface area contributed by atoms with Crippen molar-refractivity contribution in [1.29, 1.82) is 0 Å². The Labute approximate surface area is 334 Å². The molecule has 5 atom stereocenters. The molecule has 0 spiro atoms. The largest absolute Gasteiger partial charge is 0.459 e. The Morgan fingerprint density at radius 2 is 1.50 bits per heavy atom. The van der Waals surface area contributed by atoms with Crippen LogP contribution in [0.15, 0.2) is 12.7 Å². The van der Waals surface area contributed by atoms with Gasteiger partial charge in [-0.05, 0) is 124 Å². The van der Waals surface area contributed by atoms with Crippen molar-refractivity contribution in [3.63, 3.8) is 0 Å². The van der Waals surface area contributed by atoms with E-state index in [1.165, 1.54) is 19.3 Å². The fourth-order valence-electron chi connectivity index (χ4n) is 12.1. The first kappa shape index (κ1) is 42.2. The normalized spacial score (nSPS) is 31.1. The maximum Gasteiger partial charge on any atom is 0.315 e. The molecule has 1 saturated heterocycles. The highest BCUT2D eigenvalue weighted by molar-refractivity contribution is 6.38. The number of esters is 1. The van der Waals surface area contributed by atoms with Crippen molar-refractivity contribution in [1.82, 2.24) is 26.2 Å². The van der Waals surface area contributed by atoms with Crippen molar-refractivity contribution in [2.24, 2.45) is 40.9 Å². The third kappa shape index (κ3) is 8.83. The van der Waals surface area contributed by atoms with Crippen LogP contribution in [0.3, 0.4) is 0 Å². The van der Waals surface area contributed by atoms with Crippen LogP contribution in [0.1, 0.15) is 144 Å². The Kier molecular flexibility index (Phi) is 12.9. The van der Waals surface area contributed by atoms with Crippen molar-refractivity contribution in [3.8, 4) is 0 Å². The molecule has 7 rings (SSSR count). The first-order chi connectivity index (χ1) is 26.7. The molecule has 4 bridgehead atoms. The smallest absolute Gasteiger partial charge is 0.315 e. The van der Waals surface area contributed by atoms with E-state index in [2.05, 4.69) is 41.7 Å². The number of ketones is 1. The predicted molar refractivity (Wildman–Crippen MR) is 213 cm³/mol. The number of nitrogens with zero attached hydrogens (tertiary/aromatic N) is 1. The van der Waals surface area contributed by atoms with Crippen LogP contribution in [0.4, 0.5) is 4.79 Å². The second-order valence-corrected chi connectivity index (χ2v) is 19.1. The zero-order valence-corrected chi connectivity index (χ0v) is 34.7. The molecule has 5 amide bonds. The highest BCUT2D eigenvalue weighted by Gasteiger charge is 2.70. The Hall–Kier alpha value is -3.44. The van der Waals surface area contributed by atoms with Crippen molar-refractivity contribution < 1.29 is 33.5 Å². The van der Waals surface area contributed by atoms with Crippen LogP contribution in [0.25, 0.3) is 0 Å². The van der Waals surface area contributed by atoms with Gasteiger partial charge in [-0.3, -0.25) is 24.0 Å². The maximum atomic E-state index is 14.8. The van der Waals surface area contributed by atoms with Gasteiger partial charge in [0, 0.05) is 18.6 Å². The number of Topliss-reactive ketones (excluding diaryl/α,β-unsaturated/α-hetero) is 1. The van der Waals surface area contributed by atoms with Gasteiger partial charge in [-0.25, -0.2) is 4.79 Å². The summed E-state index contributed by atoms with van der Waals surface area (Å²) in [5.41, 5.74) is -0.928.